The summed E-state index contributed by atoms with van der Waals surface area (Å²) in [5, 5.41) is 0. The average molecular weight is 157 g/mol. The van der Waals surface area contributed by atoms with E-state index in [0.717, 1.165) is 9.34 Å². The predicted octanol–water partition coefficient (Wildman–Crippen LogP) is 1.73. The van der Waals surface area contributed by atoms with E-state index < -0.39 is 8.19 Å². The van der Waals surface area contributed by atoms with Crippen LogP contribution in [-0.2, 0) is 0 Å². The van der Waals surface area contributed by atoms with Crippen LogP contribution in [0, 0.1) is 0 Å². The Hall–Kier alpha value is 0.210. The standard InChI is InChI=1S/C4H12F2N2P/c1-7(2)9(5,6)8(3)4/h1-4H3/q+1. The van der Waals surface area contributed by atoms with Gasteiger partial charge in [0.05, 0.1) is 0 Å². The molecule has 0 aromatic carbocycles. The molecule has 0 aliphatic carbocycles. The van der Waals surface area contributed by atoms with Crippen LogP contribution in [-0.4, -0.2) is 37.5 Å². The lowest BCUT2D eigenvalue weighted by molar-refractivity contribution is 0.423. The molecule has 2 nitrogen and oxygen atoms in total. The number of nitrogens with zero attached hydrogens (tertiary/aromatic N) is 2. The summed E-state index contributed by atoms with van der Waals surface area (Å²) in [5.41, 5.74) is 0. The highest BCUT2D eigenvalue weighted by atomic mass is 31.3. The van der Waals surface area contributed by atoms with Gasteiger partial charge in [0.25, 0.3) is 0 Å². The zero-order valence-corrected chi connectivity index (χ0v) is 6.99. The Morgan fingerprint density at radius 1 is 0.889 bits per heavy atom. The Bertz CT molecular complexity index is 84.6. The van der Waals surface area contributed by atoms with Gasteiger partial charge in [-0.2, -0.15) is 0 Å². The minimum absolute atomic E-state index is 0.965. The van der Waals surface area contributed by atoms with Gasteiger partial charge in [-0.3, -0.25) is 0 Å². The van der Waals surface area contributed by atoms with Crippen molar-refractivity contribution in [2.75, 3.05) is 28.2 Å². The van der Waals surface area contributed by atoms with Crippen LogP contribution < -0.4 is 0 Å². The van der Waals surface area contributed by atoms with E-state index in [1.165, 1.54) is 28.2 Å². The molecule has 0 amide bonds. The molecule has 0 saturated carbocycles. The largest absolute Gasteiger partial charge is 0.540 e. The molecule has 5 heteroatoms. The van der Waals surface area contributed by atoms with E-state index in [2.05, 4.69) is 0 Å². The molecule has 0 bridgehead atoms. The zero-order chi connectivity index (χ0) is 7.65. The highest BCUT2D eigenvalue weighted by Gasteiger charge is 2.48. The molecule has 0 aliphatic rings. The van der Waals surface area contributed by atoms with Crippen molar-refractivity contribution in [3.63, 3.8) is 0 Å². The van der Waals surface area contributed by atoms with Crippen molar-refractivity contribution in [3.8, 4) is 0 Å². The Morgan fingerprint density at radius 3 is 1.11 bits per heavy atom. The first-order valence-corrected chi connectivity index (χ1v) is 4.00. The second kappa shape index (κ2) is 2.86. The first kappa shape index (κ1) is 9.21. The summed E-state index contributed by atoms with van der Waals surface area (Å²) in [6.07, 6.45) is 0. The Labute approximate surface area is 55.1 Å². The van der Waals surface area contributed by atoms with E-state index in [1.807, 2.05) is 0 Å². The fourth-order valence-corrected chi connectivity index (χ4v) is 1.07. The van der Waals surface area contributed by atoms with Crippen LogP contribution in [0.3, 0.4) is 0 Å². The van der Waals surface area contributed by atoms with Crippen molar-refractivity contribution in [3.05, 3.63) is 0 Å². The minimum atomic E-state index is -3.92. The molecule has 0 N–H and O–H groups in total. The molecule has 9 heavy (non-hydrogen) atoms. The highest BCUT2D eigenvalue weighted by Crippen LogP contribution is 2.65. The zero-order valence-electron chi connectivity index (χ0n) is 6.10. The Balaban J connectivity index is 4.01. The molecule has 0 rings (SSSR count). The number of halogens is 2. The second-order valence-electron chi connectivity index (χ2n) is 2.15. The summed E-state index contributed by atoms with van der Waals surface area (Å²) in [6, 6.07) is 0. The van der Waals surface area contributed by atoms with Gasteiger partial charge in [0.2, 0.25) is 0 Å². The third-order valence-corrected chi connectivity index (χ3v) is 2.89. The third kappa shape index (κ3) is 2.12. The fourth-order valence-electron chi connectivity index (χ4n) is 0.358. The van der Waals surface area contributed by atoms with Crippen LogP contribution in [0.5, 0.6) is 0 Å². The van der Waals surface area contributed by atoms with Gasteiger partial charge in [0.15, 0.2) is 0 Å². The normalized spacial score (nSPS) is 13.3. The Kier molecular flexibility index (Phi) is 2.93. The maximum atomic E-state index is 12.6. The van der Waals surface area contributed by atoms with Gasteiger partial charge in [-0.05, 0) is 0 Å². The molecular formula is C4H12F2N2P+. The quantitative estimate of drug-likeness (QED) is 0.563. The molecule has 0 atom stereocenters. The summed E-state index contributed by atoms with van der Waals surface area (Å²) in [6.45, 7) is 0. The number of hydrogen-bond donors (Lipinski definition) is 0. The summed E-state index contributed by atoms with van der Waals surface area (Å²) in [4.78, 5) is 0. The maximum Gasteiger partial charge on any atom is 0.540 e. The van der Waals surface area contributed by atoms with Gasteiger partial charge in [0.1, 0.15) is 0 Å². The van der Waals surface area contributed by atoms with Crippen LogP contribution in [0.4, 0.5) is 8.39 Å². The van der Waals surface area contributed by atoms with Crippen LogP contribution in [0.1, 0.15) is 0 Å². The summed E-state index contributed by atoms with van der Waals surface area (Å²) in [5.74, 6) is 0. The van der Waals surface area contributed by atoms with Crippen molar-refractivity contribution in [2.45, 2.75) is 0 Å². The lowest BCUT2D eigenvalue weighted by Gasteiger charge is -2.15. The van der Waals surface area contributed by atoms with Gasteiger partial charge in [-0.15, -0.1) is 9.34 Å². The molecule has 56 valence electrons. The monoisotopic (exact) mass is 157 g/mol. The van der Waals surface area contributed by atoms with Gasteiger partial charge in [-0.1, -0.05) is 0 Å². The molecule has 0 aliphatic heterocycles. The van der Waals surface area contributed by atoms with Gasteiger partial charge < -0.3 is 0 Å². The maximum absolute atomic E-state index is 12.6. The van der Waals surface area contributed by atoms with Crippen LogP contribution in [0.25, 0.3) is 0 Å². The molecule has 0 aromatic heterocycles. The van der Waals surface area contributed by atoms with E-state index in [1.54, 1.807) is 0 Å². The third-order valence-electron chi connectivity index (χ3n) is 0.963. The van der Waals surface area contributed by atoms with E-state index >= 15 is 0 Å². The molecule has 0 saturated heterocycles. The SMILES string of the molecule is CN(C)[P+](F)(F)N(C)C. The molecule has 0 spiro atoms. The molecule has 0 heterocycles. The summed E-state index contributed by atoms with van der Waals surface area (Å²) >= 11 is 0. The number of rotatable bonds is 2. The summed E-state index contributed by atoms with van der Waals surface area (Å²) in [7, 11) is 1.61. The van der Waals surface area contributed by atoms with Crippen molar-refractivity contribution in [1.29, 1.82) is 0 Å². The van der Waals surface area contributed by atoms with Crippen molar-refractivity contribution < 1.29 is 8.39 Å². The van der Waals surface area contributed by atoms with Gasteiger partial charge in [0, 0.05) is 36.6 Å². The smallest absolute Gasteiger partial charge is 0.110 e. The first-order chi connectivity index (χ1) is 3.89. The van der Waals surface area contributed by atoms with E-state index in [0.29, 0.717) is 0 Å². The molecule has 0 unspecified atom stereocenters. The van der Waals surface area contributed by atoms with E-state index in [9.17, 15) is 8.39 Å². The minimum Gasteiger partial charge on any atom is -0.110 e. The fraction of sp³-hybridized carbons (Fsp3) is 1.00. The molecule has 0 aromatic rings. The van der Waals surface area contributed by atoms with E-state index in [-0.39, 0.29) is 0 Å². The highest BCUT2D eigenvalue weighted by molar-refractivity contribution is 7.60. The van der Waals surface area contributed by atoms with Gasteiger partial charge >= 0.3 is 8.19 Å². The van der Waals surface area contributed by atoms with Crippen LogP contribution in [0.2, 0.25) is 0 Å². The summed E-state index contributed by atoms with van der Waals surface area (Å²) < 4.78 is 27.2. The van der Waals surface area contributed by atoms with Crippen LogP contribution >= 0.6 is 8.19 Å². The van der Waals surface area contributed by atoms with Crippen molar-refractivity contribution >= 4 is 8.19 Å². The molecule has 0 fully saturated rings. The lowest BCUT2D eigenvalue weighted by atomic mass is 11.3. The first-order valence-electron chi connectivity index (χ1n) is 2.53. The molecule has 0 radical (unpaired) electrons. The van der Waals surface area contributed by atoms with Crippen molar-refractivity contribution in [1.82, 2.24) is 9.34 Å². The molecular weight excluding hydrogens is 145 g/mol. The van der Waals surface area contributed by atoms with Crippen LogP contribution in [0.15, 0.2) is 0 Å². The average Bonchev–Trinajstić information content (AvgIpc) is 1.65. The topological polar surface area (TPSA) is 6.48 Å². The lowest BCUT2D eigenvalue weighted by Crippen LogP contribution is -2.19. The van der Waals surface area contributed by atoms with Gasteiger partial charge in [-0.25, -0.2) is 0 Å². The Morgan fingerprint density at radius 2 is 1.11 bits per heavy atom. The second-order valence-corrected chi connectivity index (χ2v) is 4.66. The number of hydrogen-bond acceptors (Lipinski definition) is 2. The predicted molar refractivity (Wildman–Crippen MR) is 36.5 cm³/mol. The van der Waals surface area contributed by atoms with Crippen molar-refractivity contribution in [2.24, 2.45) is 0 Å². The van der Waals surface area contributed by atoms with E-state index in [4.69, 9.17) is 0 Å².